The number of aliphatic hydroxyl groups excluding tert-OH is 1. The number of aryl methyl sites for hydroxylation is 1. The molecule has 0 aromatic carbocycles. The lowest BCUT2D eigenvalue weighted by atomic mass is 10.1. The summed E-state index contributed by atoms with van der Waals surface area (Å²) in [4.78, 5) is 8.15. The largest absolute Gasteiger partial charge is 0.394 e. The number of hydrogen-bond acceptors (Lipinski definition) is 4. The lowest BCUT2D eigenvalue weighted by Crippen LogP contribution is -2.29. The third-order valence-electron chi connectivity index (χ3n) is 2.14. The van der Waals surface area contributed by atoms with E-state index in [-0.39, 0.29) is 12.6 Å². The molecule has 1 heterocycles. The molecule has 0 amide bonds. The Morgan fingerprint density at radius 1 is 1.47 bits per heavy atom. The van der Waals surface area contributed by atoms with E-state index in [0.717, 1.165) is 0 Å². The molecule has 0 bridgehead atoms. The van der Waals surface area contributed by atoms with Crippen molar-refractivity contribution in [1.82, 2.24) is 9.97 Å². The summed E-state index contributed by atoms with van der Waals surface area (Å²) < 4.78 is 0. The lowest BCUT2D eigenvalue weighted by molar-refractivity contribution is 0.249. The normalized spacial score (nSPS) is 12.9. The molecule has 0 fully saturated rings. The van der Waals surface area contributed by atoms with Gasteiger partial charge in [-0.25, -0.2) is 9.97 Å². The zero-order valence-corrected chi connectivity index (χ0v) is 9.91. The van der Waals surface area contributed by atoms with Gasteiger partial charge in [-0.2, -0.15) is 0 Å². The van der Waals surface area contributed by atoms with Gasteiger partial charge in [-0.05, 0) is 12.8 Å². The molecule has 0 aliphatic carbocycles. The number of halogens is 1. The second kappa shape index (κ2) is 5.28. The van der Waals surface area contributed by atoms with Crippen LogP contribution in [0.1, 0.15) is 19.7 Å². The third-order valence-corrected chi connectivity index (χ3v) is 2.34. The van der Waals surface area contributed by atoms with Gasteiger partial charge in [-0.15, -0.1) is 0 Å². The number of hydrogen-bond donors (Lipinski definition) is 2. The first kappa shape index (κ1) is 12.2. The quantitative estimate of drug-likeness (QED) is 0.774. The predicted molar refractivity (Wildman–Crippen MR) is 61.1 cm³/mol. The summed E-state index contributed by atoms with van der Waals surface area (Å²) >= 11 is 5.80. The average Bonchev–Trinajstić information content (AvgIpc) is 2.12. The molecule has 2 N–H and O–H groups in total. The van der Waals surface area contributed by atoms with Crippen molar-refractivity contribution in [3.63, 3.8) is 0 Å². The molecule has 1 aromatic rings. The molecule has 1 rings (SSSR count). The molecule has 0 aliphatic rings. The highest BCUT2D eigenvalue weighted by molar-refractivity contribution is 6.29. The third kappa shape index (κ3) is 3.64. The van der Waals surface area contributed by atoms with Crippen molar-refractivity contribution < 1.29 is 5.11 Å². The fourth-order valence-electron chi connectivity index (χ4n) is 1.22. The molecule has 0 saturated heterocycles. The van der Waals surface area contributed by atoms with Gasteiger partial charge in [0.15, 0.2) is 0 Å². The Bertz CT molecular complexity index is 310. The first-order valence-corrected chi connectivity index (χ1v) is 5.29. The van der Waals surface area contributed by atoms with Crippen LogP contribution in [0.4, 0.5) is 5.82 Å². The summed E-state index contributed by atoms with van der Waals surface area (Å²) in [6.45, 7) is 5.91. The summed E-state index contributed by atoms with van der Waals surface area (Å²) in [5.74, 6) is 1.59. The zero-order chi connectivity index (χ0) is 11.4. The summed E-state index contributed by atoms with van der Waals surface area (Å²) in [5.41, 5.74) is 0. The Hall–Kier alpha value is -0.870. The van der Waals surface area contributed by atoms with Gasteiger partial charge in [0, 0.05) is 6.07 Å². The van der Waals surface area contributed by atoms with Crippen LogP contribution in [0.5, 0.6) is 0 Å². The molecule has 1 unspecified atom stereocenters. The smallest absolute Gasteiger partial charge is 0.134 e. The fraction of sp³-hybridized carbons (Fsp3) is 0.600. The second-order valence-electron chi connectivity index (χ2n) is 3.80. The van der Waals surface area contributed by atoms with Crippen molar-refractivity contribution in [3.05, 3.63) is 17.0 Å². The first-order chi connectivity index (χ1) is 7.02. The number of nitrogens with zero attached hydrogens (tertiary/aromatic N) is 2. The Balaban J connectivity index is 2.79. The first-order valence-electron chi connectivity index (χ1n) is 4.91. The molecule has 1 atom stereocenters. The van der Waals surface area contributed by atoms with E-state index in [1.165, 1.54) is 0 Å². The summed E-state index contributed by atoms with van der Waals surface area (Å²) in [6, 6.07) is 1.63. The minimum atomic E-state index is -0.0182. The predicted octanol–water partition coefficient (Wildman–Crippen LogP) is 1.87. The van der Waals surface area contributed by atoms with Gasteiger partial charge in [0.05, 0.1) is 12.6 Å². The van der Waals surface area contributed by atoms with E-state index in [2.05, 4.69) is 15.3 Å². The molecule has 0 radical (unpaired) electrons. The topological polar surface area (TPSA) is 58.0 Å². The Labute approximate surface area is 94.7 Å². The van der Waals surface area contributed by atoms with E-state index in [1.54, 1.807) is 13.0 Å². The molecule has 4 nitrogen and oxygen atoms in total. The van der Waals surface area contributed by atoms with Crippen LogP contribution in [0.25, 0.3) is 0 Å². The molecule has 15 heavy (non-hydrogen) atoms. The molecule has 0 spiro atoms. The Morgan fingerprint density at radius 2 is 2.13 bits per heavy atom. The van der Waals surface area contributed by atoms with Gasteiger partial charge >= 0.3 is 0 Å². The van der Waals surface area contributed by atoms with Crippen molar-refractivity contribution in [1.29, 1.82) is 0 Å². The average molecular weight is 230 g/mol. The standard InChI is InChI=1S/C10H16ClN3O/c1-6(2)8(5-15)14-10-4-9(11)12-7(3)13-10/h4,6,8,15H,5H2,1-3H3,(H,12,13,14). The highest BCUT2D eigenvalue weighted by Gasteiger charge is 2.12. The van der Waals surface area contributed by atoms with Gasteiger partial charge in [0.1, 0.15) is 16.8 Å². The van der Waals surface area contributed by atoms with Crippen molar-refractivity contribution in [2.24, 2.45) is 5.92 Å². The molecule has 0 saturated carbocycles. The number of anilines is 1. The summed E-state index contributed by atoms with van der Waals surface area (Å²) in [6.07, 6.45) is 0. The zero-order valence-electron chi connectivity index (χ0n) is 9.16. The Kier molecular flexibility index (Phi) is 4.29. The highest BCUT2D eigenvalue weighted by atomic mass is 35.5. The number of rotatable bonds is 4. The minimum Gasteiger partial charge on any atom is -0.394 e. The number of nitrogens with one attached hydrogen (secondary N) is 1. The SMILES string of the molecule is Cc1nc(Cl)cc(NC(CO)C(C)C)n1. The van der Waals surface area contributed by atoms with Gasteiger partial charge < -0.3 is 10.4 Å². The maximum absolute atomic E-state index is 9.16. The van der Waals surface area contributed by atoms with Crippen LogP contribution in [0.2, 0.25) is 5.15 Å². The summed E-state index contributed by atoms with van der Waals surface area (Å²) in [5, 5.41) is 12.7. The number of aromatic nitrogens is 2. The van der Waals surface area contributed by atoms with Gasteiger partial charge in [-0.1, -0.05) is 25.4 Å². The van der Waals surface area contributed by atoms with Crippen molar-refractivity contribution in [2.45, 2.75) is 26.8 Å². The van der Waals surface area contributed by atoms with Crippen LogP contribution in [-0.4, -0.2) is 27.7 Å². The van der Waals surface area contributed by atoms with Gasteiger partial charge in [-0.3, -0.25) is 0 Å². The van der Waals surface area contributed by atoms with Crippen LogP contribution < -0.4 is 5.32 Å². The fourth-order valence-corrected chi connectivity index (χ4v) is 1.44. The van der Waals surface area contributed by atoms with Crippen molar-refractivity contribution >= 4 is 17.4 Å². The van der Waals surface area contributed by atoms with Crippen molar-refractivity contribution in [2.75, 3.05) is 11.9 Å². The minimum absolute atomic E-state index is 0.0182. The lowest BCUT2D eigenvalue weighted by Gasteiger charge is -2.20. The van der Waals surface area contributed by atoms with E-state index >= 15 is 0 Å². The summed E-state index contributed by atoms with van der Waals surface area (Å²) in [7, 11) is 0. The van der Waals surface area contributed by atoms with E-state index in [4.69, 9.17) is 16.7 Å². The van der Waals surface area contributed by atoms with E-state index in [0.29, 0.717) is 22.7 Å². The van der Waals surface area contributed by atoms with E-state index < -0.39 is 0 Å². The van der Waals surface area contributed by atoms with Crippen molar-refractivity contribution in [3.8, 4) is 0 Å². The molecule has 5 heteroatoms. The molecule has 1 aromatic heterocycles. The second-order valence-corrected chi connectivity index (χ2v) is 4.19. The number of aliphatic hydroxyl groups is 1. The maximum atomic E-state index is 9.16. The van der Waals surface area contributed by atoms with Crippen LogP contribution in [-0.2, 0) is 0 Å². The maximum Gasteiger partial charge on any atom is 0.134 e. The van der Waals surface area contributed by atoms with Crippen LogP contribution in [0.3, 0.4) is 0 Å². The van der Waals surface area contributed by atoms with Crippen LogP contribution in [0.15, 0.2) is 6.07 Å². The highest BCUT2D eigenvalue weighted by Crippen LogP contribution is 2.14. The molecular formula is C10H16ClN3O. The van der Waals surface area contributed by atoms with Gasteiger partial charge in [0.25, 0.3) is 0 Å². The van der Waals surface area contributed by atoms with Crippen LogP contribution >= 0.6 is 11.6 Å². The molecule has 0 aliphatic heterocycles. The van der Waals surface area contributed by atoms with Gasteiger partial charge in [0.2, 0.25) is 0 Å². The molecular weight excluding hydrogens is 214 g/mol. The van der Waals surface area contributed by atoms with E-state index in [1.807, 2.05) is 13.8 Å². The van der Waals surface area contributed by atoms with E-state index in [9.17, 15) is 0 Å². The molecule has 84 valence electrons. The monoisotopic (exact) mass is 229 g/mol. The van der Waals surface area contributed by atoms with Crippen LogP contribution in [0, 0.1) is 12.8 Å². The Morgan fingerprint density at radius 3 is 2.60 bits per heavy atom.